The van der Waals surface area contributed by atoms with E-state index in [2.05, 4.69) is 0 Å². The molecule has 0 aliphatic heterocycles. The molecule has 0 bridgehead atoms. The average molecular weight is 376 g/mol. The van der Waals surface area contributed by atoms with Gasteiger partial charge in [-0.3, -0.25) is 19.0 Å². The van der Waals surface area contributed by atoms with Crippen LogP contribution in [-0.2, 0) is 20.0 Å². The van der Waals surface area contributed by atoms with Crippen LogP contribution < -0.4 is 20.3 Å². The van der Waals surface area contributed by atoms with Crippen molar-refractivity contribution in [3.8, 4) is 0 Å². The molecule has 0 aliphatic carbocycles. The summed E-state index contributed by atoms with van der Waals surface area (Å²) in [6.07, 6.45) is 0. The highest BCUT2D eigenvalue weighted by molar-refractivity contribution is 7.94. The Morgan fingerprint density at radius 1 is 0.636 bits per heavy atom. The fraction of sp³-hybridized carbons (Fsp3) is 0.333. The van der Waals surface area contributed by atoms with E-state index in [1.54, 1.807) is 0 Å². The first kappa shape index (κ1) is 18.2. The van der Waals surface area contributed by atoms with E-state index >= 15 is 0 Å². The lowest BCUT2D eigenvalue weighted by molar-refractivity contribution is -0.0436. The van der Waals surface area contributed by atoms with Crippen LogP contribution in [0.1, 0.15) is 0 Å². The monoisotopic (exact) mass is 376 g/mol. The van der Waals surface area contributed by atoms with Gasteiger partial charge in [0, 0.05) is 0 Å². The molecule has 0 fully saturated rings. The summed E-state index contributed by atoms with van der Waals surface area (Å²) in [5.41, 5.74) is -19.3. The molecule has 2 N–H and O–H groups in total. The van der Waals surface area contributed by atoms with Crippen LogP contribution in [-0.4, -0.2) is 27.9 Å². The fourth-order valence-electron chi connectivity index (χ4n) is 0.971. The molecule has 8 nitrogen and oxygen atoms in total. The molecular formula is C6H2F6N2O6S2. The molecule has 22 heavy (non-hydrogen) atoms. The normalized spacial score (nSPS) is 14.1. The first-order chi connectivity index (χ1) is 9.51. The molecule has 126 valence electrons. The second kappa shape index (κ2) is 4.83. The number of nitrogens with one attached hydrogen (secondary N) is 2. The summed E-state index contributed by atoms with van der Waals surface area (Å²) < 4.78 is 116. The van der Waals surface area contributed by atoms with Gasteiger partial charge in [0.25, 0.3) is 10.9 Å². The largest absolute Gasteiger partial charge is 0.516 e. The van der Waals surface area contributed by atoms with Gasteiger partial charge in [-0.15, -0.1) is 0 Å². The lowest BCUT2D eigenvalue weighted by Crippen LogP contribution is -2.43. The molecule has 16 heteroatoms. The SMILES string of the molecule is O=c1c(NS(=O)(=O)C(F)(F)F)c(NS(=O)(=O)C(F)(F)F)c1=O. The predicted octanol–water partition coefficient (Wildman–Crippen LogP) is -0.194. The molecule has 0 aliphatic rings. The molecule has 1 aromatic rings. The smallest absolute Gasteiger partial charge is 0.283 e. The summed E-state index contributed by atoms with van der Waals surface area (Å²) in [5, 5.41) is 0. The third kappa shape index (κ3) is 3.01. The average Bonchev–Trinajstić information content (AvgIpc) is 2.30. The molecular weight excluding hydrogens is 374 g/mol. The van der Waals surface area contributed by atoms with Gasteiger partial charge in [-0.1, -0.05) is 0 Å². The molecule has 0 heterocycles. The minimum atomic E-state index is -6.24. The lowest BCUT2D eigenvalue weighted by Gasteiger charge is -2.16. The van der Waals surface area contributed by atoms with E-state index in [1.165, 1.54) is 0 Å². The molecule has 0 saturated heterocycles. The Kier molecular flexibility index (Phi) is 4.00. The van der Waals surface area contributed by atoms with E-state index in [0.29, 0.717) is 9.44 Å². The summed E-state index contributed by atoms with van der Waals surface area (Å²) in [4.78, 5) is 21.8. The predicted molar refractivity (Wildman–Crippen MR) is 58.5 cm³/mol. The summed E-state index contributed by atoms with van der Waals surface area (Å²) in [6, 6.07) is 0. The van der Waals surface area contributed by atoms with E-state index in [1.807, 2.05) is 0 Å². The van der Waals surface area contributed by atoms with Gasteiger partial charge in [-0.05, 0) is 0 Å². The zero-order valence-electron chi connectivity index (χ0n) is 9.53. The van der Waals surface area contributed by atoms with E-state index in [9.17, 15) is 52.8 Å². The maximum atomic E-state index is 12.0. The van der Waals surface area contributed by atoms with E-state index in [4.69, 9.17) is 0 Å². The molecule has 0 spiro atoms. The number of sulfonamides is 2. The van der Waals surface area contributed by atoms with Crippen molar-refractivity contribution in [1.82, 2.24) is 0 Å². The van der Waals surface area contributed by atoms with Gasteiger partial charge in [-0.2, -0.15) is 43.2 Å². The number of anilines is 2. The number of hydrogen-bond acceptors (Lipinski definition) is 6. The van der Waals surface area contributed by atoms with Crippen molar-refractivity contribution in [2.45, 2.75) is 11.0 Å². The number of alkyl halides is 6. The maximum Gasteiger partial charge on any atom is 0.516 e. The zero-order valence-corrected chi connectivity index (χ0v) is 11.2. The number of halogens is 6. The third-order valence-electron chi connectivity index (χ3n) is 1.99. The number of rotatable bonds is 4. The van der Waals surface area contributed by atoms with Gasteiger partial charge in [-0.25, -0.2) is 0 Å². The van der Waals surface area contributed by atoms with Gasteiger partial charge in [0.05, 0.1) is 0 Å². The van der Waals surface area contributed by atoms with Crippen LogP contribution in [0.4, 0.5) is 37.7 Å². The van der Waals surface area contributed by atoms with Gasteiger partial charge in [0.2, 0.25) is 0 Å². The molecule has 0 amide bonds. The second-order valence-electron chi connectivity index (χ2n) is 3.51. The summed E-state index contributed by atoms with van der Waals surface area (Å²) in [6.45, 7) is 0. The van der Waals surface area contributed by atoms with Gasteiger partial charge in [0.1, 0.15) is 11.4 Å². The Balaban J connectivity index is 3.28. The zero-order chi connectivity index (χ0) is 17.7. The summed E-state index contributed by atoms with van der Waals surface area (Å²) >= 11 is 0. The second-order valence-corrected chi connectivity index (χ2v) is 6.86. The Morgan fingerprint density at radius 2 is 0.864 bits per heavy atom. The minimum Gasteiger partial charge on any atom is -0.283 e. The van der Waals surface area contributed by atoms with Crippen LogP contribution >= 0.6 is 0 Å². The molecule has 0 aromatic heterocycles. The van der Waals surface area contributed by atoms with Crippen molar-refractivity contribution >= 4 is 31.4 Å². The molecule has 1 aromatic carbocycles. The Labute approximate surface area is 116 Å². The van der Waals surface area contributed by atoms with E-state index in [0.717, 1.165) is 0 Å². The van der Waals surface area contributed by atoms with Gasteiger partial charge < -0.3 is 0 Å². The van der Waals surface area contributed by atoms with Crippen LogP contribution in [0.25, 0.3) is 0 Å². The number of hydrogen-bond donors (Lipinski definition) is 2. The van der Waals surface area contributed by atoms with Crippen molar-refractivity contribution in [2.75, 3.05) is 9.44 Å². The van der Waals surface area contributed by atoms with Gasteiger partial charge >= 0.3 is 31.1 Å². The molecule has 0 atom stereocenters. The molecule has 1 rings (SSSR count). The molecule has 0 radical (unpaired) electrons. The van der Waals surface area contributed by atoms with Crippen LogP contribution in [0.2, 0.25) is 0 Å². The minimum absolute atomic E-state index is 0.499. The van der Waals surface area contributed by atoms with Crippen LogP contribution in [0.15, 0.2) is 9.59 Å². The van der Waals surface area contributed by atoms with Crippen molar-refractivity contribution in [1.29, 1.82) is 0 Å². The molecule has 0 saturated carbocycles. The fourth-order valence-corrected chi connectivity index (χ4v) is 2.13. The third-order valence-corrected chi connectivity index (χ3v) is 4.16. The van der Waals surface area contributed by atoms with Crippen molar-refractivity contribution in [2.24, 2.45) is 0 Å². The van der Waals surface area contributed by atoms with E-state index < -0.39 is 53.3 Å². The Hall–Kier alpha value is -1.84. The Bertz CT molecular complexity index is 799. The van der Waals surface area contributed by atoms with Gasteiger partial charge in [0.15, 0.2) is 0 Å². The molecule has 0 unspecified atom stereocenters. The highest BCUT2D eigenvalue weighted by Gasteiger charge is 2.50. The van der Waals surface area contributed by atoms with Crippen molar-refractivity contribution < 1.29 is 43.2 Å². The first-order valence-corrected chi connectivity index (χ1v) is 7.49. The standard InChI is InChI=1S/C6H2F6N2O6S2/c7-5(8,9)21(17,18)13-1-2(4(16)3(1)15)14-22(19,20)6(10,11)12/h13-14H. The van der Waals surface area contributed by atoms with Crippen LogP contribution in [0.5, 0.6) is 0 Å². The quantitative estimate of drug-likeness (QED) is 0.554. The van der Waals surface area contributed by atoms with Crippen LogP contribution in [0, 0.1) is 0 Å². The van der Waals surface area contributed by atoms with Crippen molar-refractivity contribution in [3.63, 3.8) is 0 Å². The van der Waals surface area contributed by atoms with Crippen LogP contribution in [0.3, 0.4) is 0 Å². The highest BCUT2D eigenvalue weighted by Crippen LogP contribution is 2.30. The first-order valence-electron chi connectivity index (χ1n) is 4.53. The van der Waals surface area contributed by atoms with Crippen molar-refractivity contribution in [3.05, 3.63) is 20.4 Å². The van der Waals surface area contributed by atoms with E-state index in [-0.39, 0.29) is 0 Å². The topological polar surface area (TPSA) is 126 Å². The summed E-state index contributed by atoms with van der Waals surface area (Å²) in [7, 11) is -12.5. The lowest BCUT2D eigenvalue weighted by atomic mass is 10.2. The maximum absolute atomic E-state index is 12.0. The Morgan fingerprint density at radius 3 is 1.05 bits per heavy atom. The highest BCUT2D eigenvalue weighted by atomic mass is 32.2. The summed E-state index contributed by atoms with van der Waals surface area (Å²) in [5.74, 6) is 0.